The van der Waals surface area contributed by atoms with Crippen LogP contribution in [0.25, 0.3) is 0 Å². The van der Waals surface area contributed by atoms with E-state index in [0.717, 1.165) is 0 Å². The van der Waals surface area contributed by atoms with Crippen LogP contribution in [0.5, 0.6) is 0 Å². The summed E-state index contributed by atoms with van der Waals surface area (Å²) in [5.74, 6) is 0. The van der Waals surface area contributed by atoms with E-state index in [9.17, 15) is 4.79 Å². The van der Waals surface area contributed by atoms with Crippen molar-refractivity contribution in [3.8, 4) is 0 Å². The van der Waals surface area contributed by atoms with Crippen LogP contribution in [0, 0.1) is 0 Å². The SMILES string of the molecule is O=C=N[Se]CCl. The molecule has 0 aromatic heterocycles. The van der Waals surface area contributed by atoms with Crippen molar-refractivity contribution in [2.45, 2.75) is 0 Å². The normalized spacial score (nSPS) is 6.83. The molecule has 0 rings (SSSR count). The summed E-state index contributed by atoms with van der Waals surface area (Å²) in [4.78, 5) is 9.23. The molecule has 0 bridgehead atoms. The van der Waals surface area contributed by atoms with Crippen LogP contribution in [0.1, 0.15) is 0 Å². The van der Waals surface area contributed by atoms with Gasteiger partial charge in [-0.05, 0) is 0 Å². The molecule has 0 spiro atoms. The first-order valence-electron chi connectivity index (χ1n) is 1.17. The molecular formula is C2H2ClNOSe. The molecular weight excluding hydrogens is 168 g/mol. The molecule has 0 saturated heterocycles. The van der Waals surface area contributed by atoms with Gasteiger partial charge in [0.05, 0.1) is 0 Å². The van der Waals surface area contributed by atoms with Gasteiger partial charge in [0.2, 0.25) is 0 Å². The molecule has 34 valence electrons. The molecule has 0 unspecified atom stereocenters. The fraction of sp³-hybridized carbons (Fsp3) is 0.500. The molecule has 4 heteroatoms. The van der Waals surface area contributed by atoms with Crippen LogP contribution < -0.4 is 0 Å². The van der Waals surface area contributed by atoms with Gasteiger partial charge in [0, 0.05) is 0 Å². The molecule has 0 saturated carbocycles. The van der Waals surface area contributed by atoms with E-state index in [1.807, 2.05) is 0 Å². The van der Waals surface area contributed by atoms with Gasteiger partial charge in [-0.2, -0.15) is 0 Å². The average Bonchev–Trinajstić information content (AvgIpc) is 1.61. The molecule has 0 amide bonds. The molecule has 0 aliphatic heterocycles. The van der Waals surface area contributed by atoms with E-state index in [2.05, 4.69) is 4.01 Å². The van der Waals surface area contributed by atoms with E-state index < -0.39 is 0 Å². The number of hydrogen-bond donors (Lipinski definition) is 0. The van der Waals surface area contributed by atoms with Crippen molar-refractivity contribution >= 4 is 32.9 Å². The Hall–Kier alpha value is 0.189. The number of nitrogens with zero attached hydrogens (tertiary/aromatic N) is 1. The fourth-order valence-corrected chi connectivity index (χ4v) is 0.517. The van der Waals surface area contributed by atoms with E-state index >= 15 is 0 Å². The summed E-state index contributed by atoms with van der Waals surface area (Å²) >= 11 is 5.07. The summed E-state index contributed by atoms with van der Waals surface area (Å²) in [5.41, 5.74) is 0. The first kappa shape index (κ1) is 6.19. The second kappa shape index (κ2) is 5.19. The summed E-state index contributed by atoms with van der Waals surface area (Å²) in [5, 5.41) is 0. The predicted octanol–water partition coefficient (Wildman–Crippen LogP) is 0.138. The van der Waals surface area contributed by atoms with E-state index in [1.54, 1.807) is 0 Å². The quantitative estimate of drug-likeness (QED) is 0.251. The molecule has 2 nitrogen and oxygen atoms in total. The summed E-state index contributed by atoms with van der Waals surface area (Å²) in [7, 11) is 0. The Morgan fingerprint density at radius 2 is 2.67 bits per heavy atom. The number of alkyl halides is 1. The van der Waals surface area contributed by atoms with E-state index in [-0.39, 0.29) is 15.2 Å². The third-order valence-corrected chi connectivity index (χ3v) is 1.29. The monoisotopic (exact) mass is 171 g/mol. The zero-order valence-corrected chi connectivity index (χ0v) is 5.32. The zero-order chi connectivity index (χ0) is 4.83. The standard InChI is InChI=1S/C2H2ClNOSe/c3-1-6-4-2-5/h1H2. The van der Waals surface area contributed by atoms with Gasteiger partial charge in [-0.3, -0.25) is 0 Å². The third kappa shape index (κ3) is 4.19. The molecule has 0 aliphatic rings. The Kier molecular flexibility index (Phi) is 5.35. The molecule has 0 aromatic carbocycles. The predicted molar refractivity (Wildman–Crippen MR) is 24.6 cm³/mol. The van der Waals surface area contributed by atoms with Crippen LogP contribution in [0.2, 0.25) is 0 Å². The van der Waals surface area contributed by atoms with Crippen molar-refractivity contribution in [2.24, 2.45) is 4.01 Å². The molecule has 6 heavy (non-hydrogen) atoms. The van der Waals surface area contributed by atoms with E-state index in [4.69, 9.17) is 11.6 Å². The molecule has 0 radical (unpaired) electrons. The average molecular weight is 170 g/mol. The number of rotatable bonds is 2. The minimum atomic E-state index is -0.0662. The number of hydrogen-bond acceptors (Lipinski definition) is 2. The molecule has 0 aromatic rings. The Morgan fingerprint density at radius 1 is 2.00 bits per heavy atom. The van der Waals surface area contributed by atoms with Crippen molar-refractivity contribution in [3.63, 3.8) is 0 Å². The van der Waals surface area contributed by atoms with Gasteiger partial charge in [-0.25, -0.2) is 0 Å². The molecule has 0 N–H and O–H groups in total. The van der Waals surface area contributed by atoms with Crippen LogP contribution in [0.3, 0.4) is 0 Å². The maximum atomic E-state index is 9.23. The van der Waals surface area contributed by atoms with Gasteiger partial charge in [0.15, 0.2) is 0 Å². The summed E-state index contributed by atoms with van der Waals surface area (Å²) < 4.78 is 3.68. The molecule has 0 fully saturated rings. The Morgan fingerprint density at radius 3 is 2.83 bits per heavy atom. The van der Waals surface area contributed by atoms with Gasteiger partial charge in [0.25, 0.3) is 0 Å². The van der Waals surface area contributed by atoms with Gasteiger partial charge in [-0.1, -0.05) is 0 Å². The van der Waals surface area contributed by atoms with Gasteiger partial charge >= 0.3 is 46.4 Å². The Balaban J connectivity index is 2.86. The van der Waals surface area contributed by atoms with E-state index in [0.29, 0.717) is 4.78 Å². The summed E-state index contributed by atoms with van der Waals surface area (Å²) in [6, 6.07) is 0. The Bertz CT molecular complexity index is 69.9. The summed E-state index contributed by atoms with van der Waals surface area (Å²) in [6.45, 7) is 0. The van der Waals surface area contributed by atoms with E-state index in [1.165, 1.54) is 6.08 Å². The topological polar surface area (TPSA) is 29.4 Å². The van der Waals surface area contributed by atoms with Gasteiger partial charge in [-0.15, -0.1) is 0 Å². The molecule has 0 aliphatic carbocycles. The van der Waals surface area contributed by atoms with Crippen LogP contribution in [-0.2, 0) is 4.79 Å². The number of isocyanates is 1. The van der Waals surface area contributed by atoms with Crippen LogP contribution >= 0.6 is 11.6 Å². The maximum absolute atomic E-state index is 9.23. The van der Waals surface area contributed by atoms with Gasteiger partial charge < -0.3 is 0 Å². The van der Waals surface area contributed by atoms with Crippen LogP contribution in [0.15, 0.2) is 4.01 Å². The molecule has 0 heterocycles. The Labute approximate surface area is 47.0 Å². The second-order valence-electron chi connectivity index (χ2n) is 0.421. The van der Waals surface area contributed by atoms with Gasteiger partial charge in [0.1, 0.15) is 0 Å². The van der Waals surface area contributed by atoms with Crippen LogP contribution in [-0.4, -0.2) is 26.0 Å². The second-order valence-corrected chi connectivity index (χ2v) is 2.94. The van der Waals surface area contributed by atoms with Crippen molar-refractivity contribution in [3.05, 3.63) is 0 Å². The first-order chi connectivity index (χ1) is 2.91. The fourth-order valence-electron chi connectivity index (χ4n) is 0.0507. The summed E-state index contributed by atoms with van der Waals surface area (Å²) in [6.07, 6.45) is 1.39. The zero-order valence-electron chi connectivity index (χ0n) is 2.85. The molecule has 0 atom stereocenters. The van der Waals surface area contributed by atoms with Crippen molar-refractivity contribution in [2.75, 3.05) is 4.78 Å². The first-order valence-corrected chi connectivity index (χ1v) is 3.68. The third-order valence-electron chi connectivity index (χ3n) is 0.151. The number of carbonyl (C=O) groups excluding carboxylic acids is 1. The van der Waals surface area contributed by atoms with Crippen molar-refractivity contribution < 1.29 is 4.79 Å². The van der Waals surface area contributed by atoms with Crippen LogP contribution in [0.4, 0.5) is 0 Å². The number of halogens is 1. The van der Waals surface area contributed by atoms with Crippen molar-refractivity contribution in [1.82, 2.24) is 0 Å². The van der Waals surface area contributed by atoms with Crippen molar-refractivity contribution in [1.29, 1.82) is 0 Å². The minimum absolute atomic E-state index is 0.0662.